The van der Waals surface area contributed by atoms with E-state index in [1.54, 1.807) is 0 Å². The molecule has 2 aliphatic heterocycles. The molecule has 140 valence electrons. The van der Waals surface area contributed by atoms with Gasteiger partial charge in [-0.3, -0.25) is 4.79 Å². The first-order valence-electron chi connectivity index (χ1n) is 8.44. The van der Waals surface area contributed by atoms with E-state index in [1.807, 2.05) is 0 Å². The smallest absolute Gasteiger partial charge is 0.283 e. The van der Waals surface area contributed by atoms with E-state index < -0.39 is 35.9 Å². The van der Waals surface area contributed by atoms with E-state index in [0.717, 1.165) is 12.5 Å². The van der Waals surface area contributed by atoms with Crippen molar-refractivity contribution < 1.29 is 27.4 Å². The molecule has 0 radical (unpaired) electrons. The highest BCUT2D eigenvalue weighted by molar-refractivity contribution is 5.94. The zero-order valence-electron chi connectivity index (χ0n) is 13.8. The molecule has 0 unspecified atom stereocenters. The van der Waals surface area contributed by atoms with Crippen LogP contribution in [0, 0.1) is 11.7 Å². The summed E-state index contributed by atoms with van der Waals surface area (Å²) >= 11 is 0. The number of carbonyl (C=O) groups is 1. The van der Waals surface area contributed by atoms with Crippen LogP contribution in [0.5, 0.6) is 0 Å². The molecule has 26 heavy (non-hydrogen) atoms. The molecule has 1 saturated carbocycles. The van der Waals surface area contributed by atoms with Gasteiger partial charge in [-0.2, -0.15) is 0 Å². The molecule has 1 amide bonds. The number of nitrogens with zero attached hydrogens (tertiary/aromatic N) is 1. The third kappa shape index (κ3) is 2.70. The van der Waals surface area contributed by atoms with Crippen molar-refractivity contribution in [2.24, 2.45) is 16.6 Å². The summed E-state index contributed by atoms with van der Waals surface area (Å²) in [6.07, 6.45) is -2.37. The van der Waals surface area contributed by atoms with Crippen LogP contribution in [0.2, 0.25) is 0 Å². The van der Waals surface area contributed by atoms with E-state index in [1.165, 1.54) is 12.1 Å². The predicted octanol–water partition coefficient (Wildman–Crippen LogP) is 2.14. The average molecular weight is 369 g/mol. The molecule has 0 spiro atoms. The predicted molar refractivity (Wildman–Crippen MR) is 86.3 cm³/mol. The summed E-state index contributed by atoms with van der Waals surface area (Å²) in [6, 6.07) is 3.19. The third-order valence-corrected chi connectivity index (χ3v) is 5.08. The fraction of sp³-hybridized carbons (Fsp3) is 0.529. The first kappa shape index (κ1) is 17.1. The number of rotatable bonds is 4. The fourth-order valence-corrected chi connectivity index (χ4v) is 3.72. The molecule has 6 nitrogen and oxygen atoms in total. The number of halogens is 3. The number of fused-ring (bicyclic) bond motifs is 1. The molecule has 4 rings (SSSR count). The number of hydrogen-bond donors (Lipinski definition) is 2. The Bertz CT molecular complexity index is 767. The van der Waals surface area contributed by atoms with Crippen molar-refractivity contribution in [1.29, 1.82) is 0 Å². The maximum Gasteiger partial charge on any atom is 0.283 e. The molecule has 2 heterocycles. The number of carbonyl (C=O) groups excluding carboxylic acids is 1. The van der Waals surface area contributed by atoms with Crippen molar-refractivity contribution >= 4 is 17.6 Å². The second kappa shape index (κ2) is 6.15. The Kier molecular flexibility index (Phi) is 4.06. The largest absolute Gasteiger partial charge is 0.462 e. The van der Waals surface area contributed by atoms with Crippen molar-refractivity contribution in [2.45, 2.75) is 43.4 Å². The van der Waals surface area contributed by atoms with Crippen molar-refractivity contribution in [1.82, 2.24) is 0 Å². The lowest BCUT2D eigenvalue weighted by Crippen LogP contribution is -2.43. The minimum atomic E-state index is -2.97. The third-order valence-electron chi connectivity index (χ3n) is 5.08. The summed E-state index contributed by atoms with van der Waals surface area (Å²) in [5.74, 6) is -1.87. The van der Waals surface area contributed by atoms with Gasteiger partial charge in [0.05, 0.1) is 0 Å². The van der Waals surface area contributed by atoms with Crippen molar-refractivity contribution in [3.63, 3.8) is 0 Å². The lowest BCUT2D eigenvalue weighted by molar-refractivity contribution is -0.124. The van der Waals surface area contributed by atoms with E-state index in [9.17, 15) is 18.0 Å². The number of amidine groups is 1. The number of alkyl halides is 2. The zero-order chi connectivity index (χ0) is 18.5. The normalized spacial score (nSPS) is 32.6. The van der Waals surface area contributed by atoms with Gasteiger partial charge in [0.2, 0.25) is 0 Å². The monoisotopic (exact) mass is 369 g/mol. The number of hydrogen-bond acceptors (Lipinski definition) is 5. The van der Waals surface area contributed by atoms with Crippen LogP contribution < -0.4 is 11.1 Å². The standard InChI is InChI=1S/C17H18F3N3O3/c18-11-4-3-8(22-14(24)12-2-1-5-25-12)6-9(11)17(15(19)20)10-7-13(10)26-16(21)23-17/h3-4,6,10,12-13,15H,1-2,5,7H2,(H2,21,23)(H,22,24)/t10-,12+,13+,17+/m0/s1. The van der Waals surface area contributed by atoms with Gasteiger partial charge >= 0.3 is 0 Å². The van der Waals surface area contributed by atoms with E-state index in [-0.39, 0.29) is 23.2 Å². The van der Waals surface area contributed by atoms with Crippen molar-refractivity contribution in [2.75, 3.05) is 11.9 Å². The second-order valence-electron chi connectivity index (χ2n) is 6.76. The molecule has 3 N–H and O–H groups in total. The van der Waals surface area contributed by atoms with Crippen LogP contribution in [-0.2, 0) is 19.8 Å². The van der Waals surface area contributed by atoms with Gasteiger partial charge in [-0.05, 0) is 37.5 Å². The molecule has 2 fully saturated rings. The minimum Gasteiger partial charge on any atom is -0.462 e. The number of nitrogens with one attached hydrogen (secondary N) is 1. The highest BCUT2D eigenvalue weighted by Crippen LogP contribution is 2.56. The quantitative estimate of drug-likeness (QED) is 0.852. The summed E-state index contributed by atoms with van der Waals surface area (Å²) in [7, 11) is 0. The number of aliphatic imine (C=N–C) groups is 1. The summed E-state index contributed by atoms with van der Waals surface area (Å²) in [5, 5.41) is 2.60. The Balaban J connectivity index is 1.69. The molecule has 4 atom stereocenters. The summed E-state index contributed by atoms with van der Waals surface area (Å²) < 4.78 is 53.0. The lowest BCUT2D eigenvalue weighted by atomic mass is 9.84. The number of anilines is 1. The van der Waals surface area contributed by atoms with Gasteiger partial charge in [-0.1, -0.05) is 0 Å². The van der Waals surface area contributed by atoms with E-state index >= 15 is 0 Å². The number of ether oxygens (including phenoxy) is 2. The molecule has 1 aromatic rings. The molecule has 0 aromatic heterocycles. The van der Waals surface area contributed by atoms with Crippen molar-refractivity contribution in [3.05, 3.63) is 29.6 Å². The summed E-state index contributed by atoms with van der Waals surface area (Å²) in [6.45, 7) is 0.498. The van der Waals surface area contributed by atoms with Crippen molar-refractivity contribution in [3.8, 4) is 0 Å². The van der Waals surface area contributed by atoms with Gasteiger partial charge in [0.15, 0.2) is 5.54 Å². The van der Waals surface area contributed by atoms with Crippen LogP contribution in [0.4, 0.5) is 18.9 Å². The van der Waals surface area contributed by atoms with Gasteiger partial charge in [-0.25, -0.2) is 18.2 Å². The number of amides is 1. The Morgan fingerprint density at radius 1 is 1.42 bits per heavy atom. The van der Waals surface area contributed by atoms with Crippen LogP contribution in [0.3, 0.4) is 0 Å². The Hall–Kier alpha value is -2.29. The van der Waals surface area contributed by atoms with Crippen LogP contribution in [0.1, 0.15) is 24.8 Å². The SMILES string of the molecule is NC1=N[C@@](c2cc(NC(=O)[C@H]3CCCO3)ccc2F)(C(F)F)[C@H]2C[C@H]2O1. The Labute approximate surface area is 147 Å². The molecular formula is C17H18F3N3O3. The number of nitrogens with two attached hydrogens (primary N) is 1. The molecule has 1 aliphatic carbocycles. The van der Waals surface area contributed by atoms with E-state index in [2.05, 4.69) is 10.3 Å². The molecule has 1 aromatic carbocycles. The van der Waals surface area contributed by atoms with Gasteiger partial charge in [0.25, 0.3) is 18.4 Å². The molecule has 0 bridgehead atoms. The highest BCUT2D eigenvalue weighted by atomic mass is 19.3. The molecule has 9 heteroatoms. The Morgan fingerprint density at radius 2 is 2.23 bits per heavy atom. The van der Waals surface area contributed by atoms with Crippen LogP contribution in [0.25, 0.3) is 0 Å². The van der Waals surface area contributed by atoms with Crippen LogP contribution >= 0.6 is 0 Å². The maximum atomic E-state index is 14.5. The molecule has 1 saturated heterocycles. The maximum absolute atomic E-state index is 14.5. The van der Waals surface area contributed by atoms with Gasteiger partial charge in [0.1, 0.15) is 18.0 Å². The number of benzene rings is 1. The second-order valence-corrected chi connectivity index (χ2v) is 6.76. The van der Waals surface area contributed by atoms with Gasteiger partial charge < -0.3 is 20.5 Å². The fourth-order valence-electron chi connectivity index (χ4n) is 3.72. The minimum absolute atomic E-state index is 0.208. The average Bonchev–Trinajstić information content (AvgIpc) is 3.16. The van der Waals surface area contributed by atoms with Gasteiger partial charge in [-0.15, -0.1) is 0 Å². The zero-order valence-corrected chi connectivity index (χ0v) is 13.8. The van der Waals surface area contributed by atoms with Crippen LogP contribution in [0.15, 0.2) is 23.2 Å². The lowest BCUT2D eigenvalue weighted by Gasteiger charge is -2.33. The highest BCUT2D eigenvalue weighted by Gasteiger charge is 2.64. The summed E-state index contributed by atoms with van der Waals surface area (Å²) in [4.78, 5) is 16.0. The van der Waals surface area contributed by atoms with E-state index in [0.29, 0.717) is 19.4 Å². The van der Waals surface area contributed by atoms with E-state index in [4.69, 9.17) is 15.2 Å². The Morgan fingerprint density at radius 3 is 2.92 bits per heavy atom. The summed E-state index contributed by atoms with van der Waals surface area (Å²) in [5.41, 5.74) is 3.34. The first-order valence-corrected chi connectivity index (χ1v) is 8.44. The molecular weight excluding hydrogens is 351 g/mol. The molecule has 3 aliphatic rings. The van der Waals surface area contributed by atoms with Gasteiger partial charge in [0, 0.05) is 23.8 Å². The topological polar surface area (TPSA) is 85.9 Å². The van der Waals surface area contributed by atoms with Crippen LogP contribution in [-0.4, -0.2) is 37.2 Å². The first-order chi connectivity index (χ1) is 12.4.